The van der Waals surface area contributed by atoms with Crippen LogP contribution in [0, 0.1) is 0 Å². The Morgan fingerprint density at radius 2 is 1.85 bits per heavy atom. The summed E-state index contributed by atoms with van der Waals surface area (Å²) in [7, 11) is 0. The topological polar surface area (TPSA) is 49.6 Å². The summed E-state index contributed by atoms with van der Waals surface area (Å²) < 4.78 is 0. The van der Waals surface area contributed by atoms with Crippen molar-refractivity contribution in [3.05, 3.63) is 34.9 Å². The van der Waals surface area contributed by atoms with Gasteiger partial charge in [-0.05, 0) is 18.2 Å². The summed E-state index contributed by atoms with van der Waals surface area (Å²) in [6.45, 7) is 4.87. The molecule has 0 aliphatic carbocycles. The maximum Gasteiger partial charge on any atom is 0.253 e. The van der Waals surface area contributed by atoms with Crippen LogP contribution in [-0.4, -0.2) is 55.0 Å². The van der Waals surface area contributed by atoms with Gasteiger partial charge in [0.2, 0.25) is 0 Å². The Kier molecular flexibility index (Phi) is 9.18. The highest BCUT2D eigenvalue weighted by Gasteiger charge is 2.21. The Bertz CT molecular complexity index is 423. The second-order valence-electron chi connectivity index (χ2n) is 4.43. The van der Waals surface area contributed by atoms with Crippen LogP contribution in [0.25, 0.3) is 0 Å². The lowest BCUT2D eigenvalue weighted by Crippen LogP contribution is -2.49. The zero-order valence-corrected chi connectivity index (χ0v) is 13.5. The molecule has 0 unspecified atom stereocenters. The third-order valence-corrected chi connectivity index (χ3v) is 3.41. The van der Waals surface area contributed by atoms with E-state index in [1.165, 1.54) is 0 Å². The number of hydrogen-bond acceptors (Lipinski definition) is 3. The van der Waals surface area contributed by atoms with Crippen molar-refractivity contribution in [3.8, 4) is 0 Å². The maximum absolute atomic E-state index is 12.2. The molecule has 1 heterocycles. The molecular formula is C13H20Cl3N3O. The number of hydrogen-bond donors (Lipinski definition) is 1. The molecule has 1 aliphatic heterocycles. The lowest BCUT2D eigenvalue weighted by molar-refractivity contribution is 0.0641. The Hall–Kier alpha value is -0.520. The third-order valence-electron chi connectivity index (χ3n) is 3.18. The fourth-order valence-electron chi connectivity index (χ4n) is 2.16. The molecule has 2 N–H and O–H groups in total. The van der Waals surface area contributed by atoms with Crippen molar-refractivity contribution in [2.24, 2.45) is 5.73 Å². The van der Waals surface area contributed by atoms with Gasteiger partial charge in [0.05, 0.1) is 0 Å². The van der Waals surface area contributed by atoms with Gasteiger partial charge in [-0.25, -0.2) is 0 Å². The minimum atomic E-state index is 0. The molecule has 20 heavy (non-hydrogen) atoms. The quantitative estimate of drug-likeness (QED) is 0.914. The molecule has 0 radical (unpaired) electrons. The Morgan fingerprint density at radius 3 is 2.40 bits per heavy atom. The molecule has 2 rings (SSSR count). The van der Waals surface area contributed by atoms with Gasteiger partial charge < -0.3 is 10.6 Å². The monoisotopic (exact) mass is 339 g/mol. The van der Waals surface area contributed by atoms with Crippen LogP contribution >= 0.6 is 36.4 Å². The third kappa shape index (κ3) is 5.11. The van der Waals surface area contributed by atoms with Gasteiger partial charge in [-0.2, -0.15) is 0 Å². The minimum Gasteiger partial charge on any atom is -0.336 e. The summed E-state index contributed by atoms with van der Waals surface area (Å²) in [5.41, 5.74) is 6.19. The number of nitrogens with two attached hydrogens (primary N) is 1. The number of amides is 1. The molecule has 0 saturated carbocycles. The average Bonchev–Trinajstić information content (AvgIpc) is 2.39. The van der Waals surface area contributed by atoms with Crippen molar-refractivity contribution >= 4 is 42.3 Å². The smallest absolute Gasteiger partial charge is 0.253 e. The van der Waals surface area contributed by atoms with Crippen molar-refractivity contribution in [1.82, 2.24) is 9.80 Å². The highest BCUT2D eigenvalue weighted by Crippen LogP contribution is 2.14. The Morgan fingerprint density at radius 1 is 1.20 bits per heavy atom. The molecule has 1 aliphatic rings. The molecule has 4 nitrogen and oxygen atoms in total. The molecule has 0 bridgehead atoms. The van der Waals surface area contributed by atoms with E-state index >= 15 is 0 Å². The molecular weight excluding hydrogens is 321 g/mol. The van der Waals surface area contributed by atoms with Crippen LogP contribution in [0.2, 0.25) is 5.02 Å². The normalized spacial score (nSPS) is 15.2. The Labute approximate surface area is 137 Å². The summed E-state index contributed by atoms with van der Waals surface area (Å²) in [4.78, 5) is 16.4. The summed E-state index contributed by atoms with van der Waals surface area (Å²) >= 11 is 5.90. The van der Waals surface area contributed by atoms with Gasteiger partial charge in [-0.1, -0.05) is 17.7 Å². The lowest BCUT2D eigenvalue weighted by atomic mass is 10.2. The molecule has 1 fully saturated rings. The number of halogens is 3. The van der Waals surface area contributed by atoms with E-state index < -0.39 is 0 Å². The fraction of sp³-hybridized carbons (Fsp3) is 0.462. The molecule has 114 valence electrons. The van der Waals surface area contributed by atoms with E-state index in [-0.39, 0.29) is 30.7 Å². The summed E-state index contributed by atoms with van der Waals surface area (Å²) in [5.74, 6) is 0.0601. The summed E-state index contributed by atoms with van der Waals surface area (Å²) in [6, 6.07) is 7.11. The van der Waals surface area contributed by atoms with Gasteiger partial charge in [0.25, 0.3) is 5.91 Å². The van der Waals surface area contributed by atoms with E-state index in [2.05, 4.69) is 4.90 Å². The van der Waals surface area contributed by atoms with E-state index in [0.717, 1.165) is 32.7 Å². The maximum atomic E-state index is 12.2. The van der Waals surface area contributed by atoms with Gasteiger partial charge in [-0.15, -0.1) is 24.8 Å². The number of nitrogens with zero attached hydrogens (tertiary/aromatic N) is 2. The molecule has 7 heteroatoms. The Balaban J connectivity index is 0.00000180. The highest BCUT2D eigenvalue weighted by atomic mass is 35.5. The van der Waals surface area contributed by atoms with Crippen molar-refractivity contribution in [3.63, 3.8) is 0 Å². The van der Waals surface area contributed by atoms with E-state index in [1.54, 1.807) is 24.3 Å². The number of rotatable bonds is 3. The van der Waals surface area contributed by atoms with Crippen molar-refractivity contribution in [2.75, 3.05) is 39.3 Å². The van der Waals surface area contributed by atoms with E-state index in [4.69, 9.17) is 17.3 Å². The SMILES string of the molecule is Cl.Cl.NCCN1CCN(C(=O)c2cccc(Cl)c2)CC1. The van der Waals surface area contributed by atoms with E-state index in [1.807, 2.05) is 4.90 Å². The van der Waals surface area contributed by atoms with E-state index in [9.17, 15) is 4.79 Å². The number of carbonyl (C=O) groups is 1. The molecule has 0 aromatic heterocycles. The zero-order chi connectivity index (χ0) is 13.0. The van der Waals surface area contributed by atoms with Crippen LogP contribution in [-0.2, 0) is 0 Å². The number of benzene rings is 1. The first-order valence-electron chi connectivity index (χ1n) is 6.18. The lowest BCUT2D eigenvalue weighted by Gasteiger charge is -2.34. The van der Waals surface area contributed by atoms with E-state index in [0.29, 0.717) is 17.1 Å². The van der Waals surface area contributed by atoms with Gasteiger partial charge >= 0.3 is 0 Å². The largest absolute Gasteiger partial charge is 0.336 e. The molecule has 0 atom stereocenters. The predicted molar refractivity (Wildman–Crippen MR) is 87.3 cm³/mol. The van der Waals surface area contributed by atoms with Crippen molar-refractivity contribution in [1.29, 1.82) is 0 Å². The second kappa shape index (κ2) is 9.42. The molecule has 1 saturated heterocycles. The van der Waals surface area contributed by atoms with Crippen LogP contribution in [0.15, 0.2) is 24.3 Å². The van der Waals surface area contributed by atoms with Gasteiger partial charge in [0.15, 0.2) is 0 Å². The number of carbonyl (C=O) groups excluding carboxylic acids is 1. The van der Waals surface area contributed by atoms with Crippen LogP contribution in [0.4, 0.5) is 0 Å². The predicted octanol–water partition coefficient (Wildman–Crippen LogP) is 1.90. The molecule has 1 aromatic carbocycles. The van der Waals surface area contributed by atoms with Crippen LogP contribution < -0.4 is 5.73 Å². The molecule has 1 amide bonds. The van der Waals surface area contributed by atoms with Gasteiger partial charge in [0, 0.05) is 49.9 Å². The van der Waals surface area contributed by atoms with Crippen LogP contribution in [0.5, 0.6) is 0 Å². The highest BCUT2D eigenvalue weighted by molar-refractivity contribution is 6.30. The summed E-state index contributed by atoms with van der Waals surface area (Å²) in [5, 5.41) is 0.600. The fourth-order valence-corrected chi connectivity index (χ4v) is 2.35. The van der Waals surface area contributed by atoms with Gasteiger partial charge in [-0.3, -0.25) is 9.69 Å². The first kappa shape index (κ1) is 19.5. The van der Waals surface area contributed by atoms with Crippen molar-refractivity contribution < 1.29 is 4.79 Å². The second-order valence-corrected chi connectivity index (χ2v) is 4.87. The standard InChI is InChI=1S/C13H18ClN3O.2ClH/c14-12-3-1-2-11(10-12)13(18)17-8-6-16(5-4-15)7-9-17;;/h1-3,10H,4-9,15H2;2*1H. The van der Waals surface area contributed by atoms with Gasteiger partial charge in [0.1, 0.15) is 0 Å². The summed E-state index contributed by atoms with van der Waals surface area (Å²) in [6.07, 6.45) is 0. The first-order valence-corrected chi connectivity index (χ1v) is 6.56. The van der Waals surface area contributed by atoms with Crippen LogP contribution in [0.3, 0.4) is 0 Å². The minimum absolute atomic E-state index is 0. The zero-order valence-electron chi connectivity index (χ0n) is 11.1. The average molecular weight is 341 g/mol. The van der Waals surface area contributed by atoms with Crippen LogP contribution in [0.1, 0.15) is 10.4 Å². The van der Waals surface area contributed by atoms with Crippen molar-refractivity contribution in [2.45, 2.75) is 0 Å². The first-order chi connectivity index (χ1) is 8.70. The number of piperazine rings is 1. The molecule has 0 spiro atoms. The molecule has 1 aromatic rings.